The van der Waals surface area contributed by atoms with E-state index in [4.69, 9.17) is 18.9 Å². The number of ether oxygens (including phenoxy) is 4. The molecule has 0 aromatic heterocycles. The molecule has 0 atom stereocenters. The highest BCUT2D eigenvalue weighted by Crippen LogP contribution is 2.18. The third-order valence-corrected chi connectivity index (χ3v) is 4.45. The number of carbonyl (C=O) groups is 3. The third kappa shape index (κ3) is 11.0. The van der Waals surface area contributed by atoms with Crippen molar-refractivity contribution in [3.8, 4) is 11.5 Å². The average Bonchev–Trinajstić information content (AvgIpc) is 2.79. The van der Waals surface area contributed by atoms with Gasteiger partial charge in [-0.25, -0.2) is 0 Å². The first-order valence-corrected chi connectivity index (χ1v) is 11.0. The molecular weight excluding hydrogens is 426 g/mol. The minimum Gasteiger partial charge on any atom is -0.494 e. The summed E-state index contributed by atoms with van der Waals surface area (Å²) in [5.41, 5.74) is 1.18. The van der Waals surface area contributed by atoms with Crippen molar-refractivity contribution in [2.75, 3.05) is 31.7 Å². The molecule has 0 aliphatic rings. The zero-order valence-corrected chi connectivity index (χ0v) is 19.1. The van der Waals surface area contributed by atoms with Gasteiger partial charge >= 0.3 is 11.9 Å². The van der Waals surface area contributed by atoms with Crippen molar-refractivity contribution >= 4 is 23.5 Å². The molecule has 0 aliphatic heterocycles. The number of benzene rings is 2. The Bertz CT molecular complexity index is 879. The van der Waals surface area contributed by atoms with Crippen LogP contribution >= 0.6 is 0 Å². The second-order valence-electron chi connectivity index (χ2n) is 7.29. The molecule has 0 saturated carbocycles. The molecule has 2 aromatic carbocycles. The fourth-order valence-corrected chi connectivity index (χ4v) is 2.76. The molecule has 8 heteroatoms. The molecule has 2 rings (SSSR count). The monoisotopic (exact) mass is 457 g/mol. The number of amides is 1. The highest BCUT2D eigenvalue weighted by molar-refractivity contribution is 6.04. The fraction of sp³-hybridized carbons (Fsp3) is 0.400. The lowest BCUT2D eigenvalue weighted by molar-refractivity contribution is -0.142. The summed E-state index contributed by atoms with van der Waals surface area (Å²) in [4.78, 5) is 33.8. The maximum Gasteiger partial charge on any atom is 0.302 e. The standard InChI is InChI=1S/C25H31NO7/c1-19(27)30-15-3-5-17-32-23-11-7-21(8-12-23)25(29)26-22-9-13-24(14-10-22)33-18-6-4-16-31-20(2)28/h7-14H,3-6,15-18H2,1-2H3,(H,26,29). The number of carbonyl (C=O) groups excluding carboxylic acids is 3. The van der Waals surface area contributed by atoms with Gasteiger partial charge in [-0.1, -0.05) is 0 Å². The summed E-state index contributed by atoms with van der Waals surface area (Å²) < 4.78 is 21.0. The quantitative estimate of drug-likeness (QED) is 0.332. The number of hydrogen-bond acceptors (Lipinski definition) is 7. The lowest BCUT2D eigenvalue weighted by atomic mass is 10.2. The smallest absolute Gasteiger partial charge is 0.302 e. The number of hydrogen-bond donors (Lipinski definition) is 1. The molecule has 8 nitrogen and oxygen atoms in total. The SMILES string of the molecule is CC(=O)OCCCCOc1ccc(NC(=O)c2ccc(OCCCCOC(C)=O)cc2)cc1. The second-order valence-corrected chi connectivity index (χ2v) is 7.29. The van der Waals surface area contributed by atoms with E-state index >= 15 is 0 Å². The number of esters is 2. The van der Waals surface area contributed by atoms with E-state index in [0.29, 0.717) is 49.2 Å². The normalized spacial score (nSPS) is 10.2. The van der Waals surface area contributed by atoms with E-state index in [0.717, 1.165) is 25.7 Å². The van der Waals surface area contributed by atoms with E-state index in [1.54, 1.807) is 48.5 Å². The van der Waals surface area contributed by atoms with Crippen molar-refractivity contribution in [3.05, 3.63) is 54.1 Å². The Hall–Kier alpha value is -3.55. The maximum absolute atomic E-state index is 12.5. The second kappa shape index (κ2) is 14.5. The number of unbranched alkanes of at least 4 members (excludes halogenated alkanes) is 2. The lowest BCUT2D eigenvalue weighted by Crippen LogP contribution is -2.11. The van der Waals surface area contributed by atoms with Crippen molar-refractivity contribution in [2.24, 2.45) is 0 Å². The topological polar surface area (TPSA) is 100 Å². The summed E-state index contributed by atoms with van der Waals surface area (Å²) in [6.07, 6.45) is 3.02. The Labute approximate surface area is 194 Å². The predicted molar refractivity (Wildman–Crippen MR) is 124 cm³/mol. The zero-order chi connectivity index (χ0) is 23.9. The van der Waals surface area contributed by atoms with Gasteiger partial charge in [-0.15, -0.1) is 0 Å². The fourth-order valence-electron chi connectivity index (χ4n) is 2.76. The molecular formula is C25H31NO7. The van der Waals surface area contributed by atoms with Crippen LogP contribution in [0.25, 0.3) is 0 Å². The average molecular weight is 458 g/mol. The van der Waals surface area contributed by atoms with Gasteiger partial charge < -0.3 is 24.3 Å². The molecule has 1 N–H and O–H groups in total. The van der Waals surface area contributed by atoms with Crippen LogP contribution in [0, 0.1) is 0 Å². The molecule has 0 saturated heterocycles. The van der Waals surface area contributed by atoms with Gasteiger partial charge in [0.25, 0.3) is 5.91 Å². The summed E-state index contributed by atoms with van der Waals surface area (Å²) in [6.45, 7) is 4.59. The Kier molecular flexibility index (Phi) is 11.3. The van der Waals surface area contributed by atoms with Gasteiger partial charge in [-0.3, -0.25) is 14.4 Å². The van der Waals surface area contributed by atoms with Crippen LogP contribution in [-0.2, 0) is 19.1 Å². The lowest BCUT2D eigenvalue weighted by Gasteiger charge is -2.09. The molecule has 0 aliphatic carbocycles. The Morgan fingerprint density at radius 3 is 1.52 bits per heavy atom. The van der Waals surface area contributed by atoms with E-state index in [1.807, 2.05) is 0 Å². The zero-order valence-electron chi connectivity index (χ0n) is 19.1. The first-order chi connectivity index (χ1) is 15.9. The molecule has 0 fully saturated rings. The summed E-state index contributed by atoms with van der Waals surface area (Å²) >= 11 is 0. The molecule has 2 aromatic rings. The molecule has 0 unspecified atom stereocenters. The van der Waals surface area contributed by atoms with Gasteiger partial charge in [-0.05, 0) is 74.2 Å². The van der Waals surface area contributed by atoms with Crippen LogP contribution < -0.4 is 14.8 Å². The molecule has 178 valence electrons. The van der Waals surface area contributed by atoms with Crippen molar-refractivity contribution in [1.82, 2.24) is 0 Å². The van der Waals surface area contributed by atoms with Crippen LogP contribution in [-0.4, -0.2) is 44.3 Å². The van der Waals surface area contributed by atoms with E-state index in [2.05, 4.69) is 5.32 Å². The Balaban J connectivity index is 1.68. The molecule has 0 radical (unpaired) electrons. The summed E-state index contributed by atoms with van der Waals surface area (Å²) in [6, 6.07) is 14.0. The first-order valence-electron chi connectivity index (χ1n) is 11.0. The number of nitrogens with one attached hydrogen (secondary N) is 1. The van der Waals surface area contributed by atoms with Gasteiger partial charge in [-0.2, -0.15) is 0 Å². The van der Waals surface area contributed by atoms with E-state index in [9.17, 15) is 14.4 Å². The molecule has 0 spiro atoms. The van der Waals surface area contributed by atoms with Gasteiger partial charge in [0.15, 0.2) is 0 Å². The van der Waals surface area contributed by atoms with Gasteiger partial charge in [0.2, 0.25) is 0 Å². The highest BCUT2D eigenvalue weighted by Gasteiger charge is 2.07. The Morgan fingerprint density at radius 2 is 1.06 bits per heavy atom. The van der Waals surface area contributed by atoms with E-state index in [1.165, 1.54) is 13.8 Å². The molecule has 1 amide bonds. The number of anilines is 1. The van der Waals surface area contributed by atoms with Crippen molar-refractivity contribution in [3.63, 3.8) is 0 Å². The van der Waals surface area contributed by atoms with Gasteiger partial charge in [0.1, 0.15) is 11.5 Å². The molecule has 33 heavy (non-hydrogen) atoms. The maximum atomic E-state index is 12.5. The van der Waals surface area contributed by atoms with Crippen LogP contribution in [0.1, 0.15) is 49.9 Å². The largest absolute Gasteiger partial charge is 0.494 e. The molecule has 0 heterocycles. The third-order valence-electron chi connectivity index (χ3n) is 4.45. The number of rotatable bonds is 14. The van der Waals surface area contributed by atoms with Crippen LogP contribution in [0.15, 0.2) is 48.5 Å². The van der Waals surface area contributed by atoms with E-state index in [-0.39, 0.29) is 17.8 Å². The van der Waals surface area contributed by atoms with Crippen LogP contribution in [0.5, 0.6) is 11.5 Å². The van der Waals surface area contributed by atoms with Gasteiger partial charge in [0.05, 0.1) is 26.4 Å². The van der Waals surface area contributed by atoms with Crippen LogP contribution in [0.2, 0.25) is 0 Å². The minimum atomic E-state index is -0.279. The van der Waals surface area contributed by atoms with Gasteiger partial charge in [0, 0.05) is 25.1 Å². The van der Waals surface area contributed by atoms with Crippen LogP contribution in [0.4, 0.5) is 5.69 Å². The van der Waals surface area contributed by atoms with E-state index < -0.39 is 0 Å². The summed E-state index contributed by atoms with van der Waals surface area (Å²) in [5.74, 6) is 0.603. The van der Waals surface area contributed by atoms with Crippen LogP contribution in [0.3, 0.4) is 0 Å². The Morgan fingerprint density at radius 1 is 0.636 bits per heavy atom. The van der Waals surface area contributed by atoms with Crippen molar-refractivity contribution in [2.45, 2.75) is 39.5 Å². The summed E-state index contributed by atoms with van der Waals surface area (Å²) in [7, 11) is 0. The summed E-state index contributed by atoms with van der Waals surface area (Å²) in [5, 5.41) is 2.85. The first kappa shape index (κ1) is 25.7. The van der Waals surface area contributed by atoms with Crippen molar-refractivity contribution in [1.29, 1.82) is 0 Å². The highest BCUT2D eigenvalue weighted by atomic mass is 16.5. The van der Waals surface area contributed by atoms with Crippen molar-refractivity contribution < 1.29 is 33.3 Å². The molecule has 0 bridgehead atoms. The minimum absolute atomic E-state index is 0.220. The predicted octanol–water partition coefficient (Wildman–Crippen LogP) is 4.38.